The van der Waals surface area contributed by atoms with Crippen LogP contribution in [0, 0.1) is 5.92 Å². The van der Waals surface area contributed by atoms with Crippen molar-refractivity contribution in [1.82, 2.24) is 4.98 Å². The second-order valence-corrected chi connectivity index (χ2v) is 6.45. The van der Waals surface area contributed by atoms with E-state index in [9.17, 15) is 4.79 Å². The number of anilines is 1. The van der Waals surface area contributed by atoms with Crippen LogP contribution in [0.5, 0.6) is 0 Å². The lowest BCUT2D eigenvalue weighted by molar-refractivity contribution is -0.116. The first-order valence-corrected chi connectivity index (χ1v) is 7.94. The number of hydrogen-bond acceptors (Lipinski definition) is 3. The molecule has 0 atom stereocenters. The second kappa shape index (κ2) is 5.39. The van der Waals surface area contributed by atoms with Crippen LogP contribution in [0.3, 0.4) is 0 Å². The Morgan fingerprint density at radius 1 is 1.33 bits per heavy atom. The maximum absolute atomic E-state index is 11.8. The van der Waals surface area contributed by atoms with Gasteiger partial charge in [-0.05, 0) is 25.2 Å². The molecule has 4 heteroatoms. The molecular formula is C14H20N2OS. The standard InChI is InChI=1S/C14H20N2OS/c17-13(8-5-10-3-1-2-4-10)16-14-15-12(9-18-14)11-6-7-11/h9-11H,1-8H2,(H,15,16,17). The summed E-state index contributed by atoms with van der Waals surface area (Å²) < 4.78 is 0. The lowest BCUT2D eigenvalue weighted by atomic mass is 10.0. The third kappa shape index (κ3) is 3.10. The molecule has 2 fully saturated rings. The molecule has 3 rings (SSSR count). The summed E-state index contributed by atoms with van der Waals surface area (Å²) in [6, 6.07) is 0. The molecule has 1 amide bonds. The zero-order valence-corrected chi connectivity index (χ0v) is 11.5. The Kier molecular flexibility index (Phi) is 3.64. The molecule has 0 aromatic carbocycles. The zero-order valence-electron chi connectivity index (χ0n) is 10.7. The Hall–Kier alpha value is -0.900. The molecule has 1 aromatic rings. The first kappa shape index (κ1) is 12.2. The maximum atomic E-state index is 11.8. The van der Waals surface area contributed by atoms with E-state index in [-0.39, 0.29) is 5.91 Å². The van der Waals surface area contributed by atoms with Gasteiger partial charge in [0.25, 0.3) is 0 Å². The van der Waals surface area contributed by atoms with Crippen molar-refractivity contribution < 1.29 is 4.79 Å². The van der Waals surface area contributed by atoms with E-state index in [4.69, 9.17) is 0 Å². The number of hydrogen-bond donors (Lipinski definition) is 1. The van der Waals surface area contributed by atoms with Gasteiger partial charge in [0, 0.05) is 17.7 Å². The smallest absolute Gasteiger partial charge is 0.226 e. The van der Waals surface area contributed by atoms with Crippen molar-refractivity contribution in [2.75, 3.05) is 5.32 Å². The molecule has 3 nitrogen and oxygen atoms in total. The summed E-state index contributed by atoms with van der Waals surface area (Å²) in [7, 11) is 0. The topological polar surface area (TPSA) is 42.0 Å². The average Bonchev–Trinajstić information content (AvgIpc) is 2.90. The van der Waals surface area contributed by atoms with E-state index < -0.39 is 0 Å². The van der Waals surface area contributed by atoms with E-state index in [1.165, 1.54) is 44.2 Å². The minimum Gasteiger partial charge on any atom is -0.302 e. The van der Waals surface area contributed by atoms with Gasteiger partial charge in [-0.3, -0.25) is 4.79 Å². The molecule has 1 N–H and O–H groups in total. The van der Waals surface area contributed by atoms with Crippen LogP contribution in [0.25, 0.3) is 0 Å². The van der Waals surface area contributed by atoms with Crippen molar-refractivity contribution in [2.45, 2.75) is 57.3 Å². The highest BCUT2D eigenvalue weighted by molar-refractivity contribution is 7.13. The van der Waals surface area contributed by atoms with Gasteiger partial charge in [0.2, 0.25) is 5.91 Å². The van der Waals surface area contributed by atoms with Crippen molar-refractivity contribution in [2.24, 2.45) is 5.92 Å². The Bertz CT molecular complexity index is 419. The first-order chi connectivity index (χ1) is 8.81. The van der Waals surface area contributed by atoms with E-state index in [1.807, 2.05) is 0 Å². The number of carbonyl (C=O) groups excluding carboxylic acids is 1. The number of carbonyl (C=O) groups is 1. The minimum absolute atomic E-state index is 0.138. The molecular weight excluding hydrogens is 244 g/mol. The number of nitrogens with zero attached hydrogens (tertiary/aromatic N) is 1. The summed E-state index contributed by atoms with van der Waals surface area (Å²) in [6.07, 6.45) is 9.56. The highest BCUT2D eigenvalue weighted by Gasteiger charge is 2.26. The summed E-state index contributed by atoms with van der Waals surface area (Å²) in [4.78, 5) is 16.3. The molecule has 0 saturated heterocycles. The number of rotatable bonds is 5. The van der Waals surface area contributed by atoms with Crippen LogP contribution in [0.2, 0.25) is 0 Å². The molecule has 0 aliphatic heterocycles. The van der Waals surface area contributed by atoms with Crippen LogP contribution in [0.15, 0.2) is 5.38 Å². The first-order valence-electron chi connectivity index (χ1n) is 7.06. The molecule has 0 unspecified atom stereocenters. The van der Waals surface area contributed by atoms with E-state index in [0.29, 0.717) is 12.3 Å². The Balaban J connectivity index is 1.44. The number of nitrogens with one attached hydrogen (secondary N) is 1. The highest BCUT2D eigenvalue weighted by atomic mass is 32.1. The fourth-order valence-electron chi connectivity index (χ4n) is 2.73. The Morgan fingerprint density at radius 3 is 2.83 bits per heavy atom. The number of amides is 1. The Morgan fingerprint density at radius 2 is 2.11 bits per heavy atom. The molecule has 2 aliphatic rings. The number of aromatic nitrogens is 1. The quantitative estimate of drug-likeness (QED) is 0.875. The van der Waals surface area contributed by atoms with E-state index in [2.05, 4.69) is 15.7 Å². The molecule has 0 radical (unpaired) electrons. The van der Waals surface area contributed by atoms with Gasteiger partial charge in [-0.25, -0.2) is 4.98 Å². The van der Waals surface area contributed by atoms with Crippen molar-refractivity contribution in [3.8, 4) is 0 Å². The second-order valence-electron chi connectivity index (χ2n) is 5.59. The molecule has 18 heavy (non-hydrogen) atoms. The molecule has 2 saturated carbocycles. The van der Waals surface area contributed by atoms with Crippen LogP contribution in [-0.4, -0.2) is 10.9 Å². The SMILES string of the molecule is O=C(CCC1CCCC1)Nc1nc(C2CC2)cs1. The van der Waals surface area contributed by atoms with Gasteiger partial charge in [0.05, 0.1) is 5.69 Å². The fraction of sp³-hybridized carbons (Fsp3) is 0.714. The third-order valence-electron chi connectivity index (χ3n) is 4.02. The maximum Gasteiger partial charge on any atom is 0.226 e. The monoisotopic (exact) mass is 264 g/mol. The van der Waals surface area contributed by atoms with Crippen LogP contribution in [0.1, 0.15) is 63.0 Å². The summed E-state index contributed by atoms with van der Waals surface area (Å²) in [6.45, 7) is 0. The highest BCUT2D eigenvalue weighted by Crippen LogP contribution is 2.40. The fourth-order valence-corrected chi connectivity index (χ4v) is 3.53. The average molecular weight is 264 g/mol. The largest absolute Gasteiger partial charge is 0.302 e. The van der Waals surface area contributed by atoms with E-state index >= 15 is 0 Å². The summed E-state index contributed by atoms with van der Waals surface area (Å²) in [5.74, 6) is 1.60. The van der Waals surface area contributed by atoms with Gasteiger partial charge < -0.3 is 5.32 Å². The van der Waals surface area contributed by atoms with Crippen molar-refractivity contribution in [3.63, 3.8) is 0 Å². The summed E-state index contributed by atoms with van der Waals surface area (Å²) in [5.41, 5.74) is 1.17. The van der Waals surface area contributed by atoms with E-state index in [0.717, 1.165) is 17.5 Å². The van der Waals surface area contributed by atoms with Gasteiger partial charge in [-0.2, -0.15) is 0 Å². The van der Waals surface area contributed by atoms with Gasteiger partial charge >= 0.3 is 0 Å². The van der Waals surface area contributed by atoms with Crippen molar-refractivity contribution in [3.05, 3.63) is 11.1 Å². The lowest BCUT2D eigenvalue weighted by Crippen LogP contribution is -2.12. The van der Waals surface area contributed by atoms with Crippen LogP contribution >= 0.6 is 11.3 Å². The van der Waals surface area contributed by atoms with E-state index in [1.54, 1.807) is 11.3 Å². The predicted octanol–water partition coefficient (Wildman–Crippen LogP) is 3.93. The van der Waals surface area contributed by atoms with Gasteiger partial charge in [-0.15, -0.1) is 11.3 Å². The van der Waals surface area contributed by atoms with Crippen LogP contribution in [-0.2, 0) is 4.79 Å². The molecule has 1 aromatic heterocycles. The van der Waals surface area contributed by atoms with Crippen molar-refractivity contribution in [1.29, 1.82) is 0 Å². The van der Waals surface area contributed by atoms with Crippen LogP contribution in [0.4, 0.5) is 5.13 Å². The van der Waals surface area contributed by atoms with Crippen LogP contribution < -0.4 is 5.32 Å². The van der Waals surface area contributed by atoms with Crippen molar-refractivity contribution >= 4 is 22.4 Å². The molecule has 0 bridgehead atoms. The predicted molar refractivity (Wildman–Crippen MR) is 73.9 cm³/mol. The van der Waals surface area contributed by atoms with Gasteiger partial charge in [0.15, 0.2) is 5.13 Å². The zero-order chi connectivity index (χ0) is 12.4. The number of thiazole rings is 1. The minimum atomic E-state index is 0.138. The lowest BCUT2D eigenvalue weighted by Gasteiger charge is -2.07. The molecule has 1 heterocycles. The van der Waals surface area contributed by atoms with Gasteiger partial charge in [-0.1, -0.05) is 25.7 Å². The summed E-state index contributed by atoms with van der Waals surface area (Å²) >= 11 is 1.56. The molecule has 2 aliphatic carbocycles. The summed E-state index contributed by atoms with van der Waals surface area (Å²) in [5, 5.41) is 5.81. The molecule has 0 spiro atoms. The Labute approximate surface area is 112 Å². The normalized spacial score (nSPS) is 20.2. The molecule has 98 valence electrons. The van der Waals surface area contributed by atoms with Gasteiger partial charge in [0.1, 0.15) is 0 Å². The third-order valence-corrected chi connectivity index (χ3v) is 4.79.